The molecule has 194 valence electrons. The van der Waals surface area contributed by atoms with Crippen LogP contribution in [0, 0.1) is 5.92 Å². The molecule has 1 N–H and O–H groups in total. The molecule has 3 aromatic rings. The Bertz CT molecular complexity index is 1250. The highest BCUT2D eigenvalue weighted by molar-refractivity contribution is 5.82. The second kappa shape index (κ2) is 11.0. The molecule has 2 unspecified atom stereocenters. The van der Waals surface area contributed by atoms with Gasteiger partial charge in [0.25, 0.3) is 0 Å². The molecule has 0 spiro atoms. The average molecular weight is 502 g/mol. The van der Waals surface area contributed by atoms with Gasteiger partial charge in [-0.3, -0.25) is 4.79 Å². The van der Waals surface area contributed by atoms with Gasteiger partial charge in [0.05, 0.1) is 39.0 Å². The predicted octanol–water partition coefficient (Wildman–Crippen LogP) is 3.94. The van der Waals surface area contributed by atoms with E-state index >= 15 is 0 Å². The molecule has 2 aliphatic rings. The summed E-state index contributed by atoms with van der Waals surface area (Å²) in [5.41, 5.74) is 4.51. The molecule has 0 aliphatic carbocycles. The summed E-state index contributed by atoms with van der Waals surface area (Å²) in [5.74, 6) is 2.46. The summed E-state index contributed by atoms with van der Waals surface area (Å²) in [4.78, 5) is 18.4. The van der Waals surface area contributed by atoms with Gasteiger partial charge in [0.1, 0.15) is 17.2 Å². The van der Waals surface area contributed by atoms with Crippen LogP contribution in [-0.4, -0.2) is 59.5 Å². The number of ether oxygens (including phenoxy) is 3. The van der Waals surface area contributed by atoms with Crippen LogP contribution >= 0.6 is 0 Å². The lowest BCUT2D eigenvalue weighted by Gasteiger charge is -2.49. The number of nitrogens with zero attached hydrogens (tertiary/aromatic N) is 2. The largest absolute Gasteiger partial charge is 0.497 e. The summed E-state index contributed by atoms with van der Waals surface area (Å²) in [6, 6.07) is 22.3. The van der Waals surface area contributed by atoms with E-state index in [1.807, 2.05) is 48.5 Å². The number of amides is 1. The number of rotatable bonds is 8. The smallest absolute Gasteiger partial charge is 0.225 e. The number of fused-ring (bicyclic) bond motifs is 3. The van der Waals surface area contributed by atoms with E-state index in [1.165, 1.54) is 11.3 Å². The van der Waals surface area contributed by atoms with Crippen molar-refractivity contribution in [2.24, 2.45) is 5.92 Å². The van der Waals surface area contributed by atoms with Gasteiger partial charge in [-0.15, -0.1) is 0 Å². The number of hydrogen-bond donors (Lipinski definition) is 1. The third kappa shape index (κ3) is 5.03. The second-order valence-electron chi connectivity index (χ2n) is 9.54. The SMILES string of the molecule is COc1ccc2c(c1)N1CCN(c3ccccc3OC)CC1C(C(=O)NCCc1ccccc1OC)C2. The lowest BCUT2D eigenvalue weighted by atomic mass is 9.83. The Morgan fingerprint density at radius 1 is 0.892 bits per heavy atom. The van der Waals surface area contributed by atoms with E-state index in [0.29, 0.717) is 13.0 Å². The van der Waals surface area contributed by atoms with Crippen molar-refractivity contribution in [1.82, 2.24) is 5.32 Å². The molecule has 2 atom stereocenters. The van der Waals surface area contributed by atoms with Gasteiger partial charge in [0.15, 0.2) is 0 Å². The van der Waals surface area contributed by atoms with Gasteiger partial charge in [-0.05, 0) is 48.2 Å². The van der Waals surface area contributed by atoms with Crippen LogP contribution in [-0.2, 0) is 17.6 Å². The molecule has 0 saturated carbocycles. The monoisotopic (exact) mass is 501 g/mol. The Hall–Kier alpha value is -3.87. The first-order chi connectivity index (χ1) is 18.1. The topological polar surface area (TPSA) is 63.3 Å². The number of hydrogen-bond acceptors (Lipinski definition) is 6. The van der Waals surface area contributed by atoms with Crippen LogP contribution in [0.1, 0.15) is 11.1 Å². The van der Waals surface area contributed by atoms with Crippen molar-refractivity contribution >= 4 is 17.3 Å². The molecule has 1 saturated heterocycles. The molecule has 5 rings (SSSR count). The maximum atomic E-state index is 13.7. The van der Waals surface area contributed by atoms with E-state index in [2.05, 4.69) is 33.3 Å². The minimum atomic E-state index is -0.170. The Labute approximate surface area is 218 Å². The summed E-state index contributed by atoms with van der Waals surface area (Å²) in [6.07, 6.45) is 1.42. The normalized spacial score (nSPS) is 18.5. The number of benzene rings is 3. The molecular formula is C30H35N3O4. The molecule has 0 bridgehead atoms. The highest BCUT2D eigenvalue weighted by Gasteiger charge is 2.42. The van der Waals surface area contributed by atoms with Crippen LogP contribution in [0.4, 0.5) is 11.4 Å². The van der Waals surface area contributed by atoms with E-state index in [9.17, 15) is 4.79 Å². The van der Waals surface area contributed by atoms with Crippen molar-refractivity contribution in [3.63, 3.8) is 0 Å². The molecule has 2 aliphatic heterocycles. The third-order valence-corrected chi connectivity index (χ3v) is 7.57. The van der Waals surface area contributed by atoms with Crippen LogP contribution in [0.5, 0.6) is 17.2 Å². The van der Waals surface area contributed by atoms with Gasteiger partial charge < -0.3 is 29.3 Å². The summed E-state index contributed by atoms with van der Waals surface area (Å²) in [5, 5.41) is 3.23. The number of carbonyl (C=O) groups is 1. The van der Waals surface area contributed by atoms with Crippen molar-refractivity contribution in [2.75, 3.05) is 57.3 Å². The van der Waals surface area contributed by atoms with Crippen molar-refractivity contribution in [2.45, 2.75) is 18.9 Å². The standard InChI is InChI=1S/C30H35N3O4/c1-35-23-13-12-22-18-24(30(34)31-15-14-21-8-4-6-10-28(21)36-2)27-20-32(16-17-33(27)26(22)19-23)25-9-5-7-11-29(25)37-3/h4-13,19,24,27H,14-18,20H2,1-3H3,(H,31,34). The van der Waals surface area contributed by atoms with Gasteiger partial charge in [0, 0.05) is 37.9 Å². The summed E-state index contributed by atoms with van der Waals surface area (Å²) in [6.45, 7) is 2.96. The van der Waals surface area contributed by atoms with Gasteiger partial charge >= 0.3 is 0 Å². The van der Waals surface area contributed by atoms with E-state index in [4.69, 9.17) is 14.2 Å². The molecule has 7 heteroatoms. The van der Waals surface area contributed by atoms with Gasteiger partial charge in [0.2, 0.25) is 5.91 Å². The predicted molar refractivity (Wildman–Crippen MR) is 146 cm³/mol. The molecule has 1 amide bonds. The summed E-state index contributed by atoms with van der Waals surface area (Å²) in [7, 11) is 5.08. The zero-order valence-corrected chi connectivity index (χ0v) is 21.8. The van der Waals surface area contributed by atoms with E-state index in [0.717, 1.165) is 54.6 Å². The third-order valence-electron chi connectivity index (χ3n) is 7.57. The van der Waals surface area contributed by atoms with Crippen molar-refractivity contribution in [1.29, 1.82) is 0 Å². The van der Waals surface area contributed by atoms with Crippen molar-refractivity contribution in [3.05, 3.63) is 77.9 Å². The Kier molecular flexibility index (Phi) is 7.40. The van der Waals surface area contributed by atoms with Crippen LogP contribution < -0.4 is 29.3 Å². The fourth-order valence-electron chi connectivity index (χ4n) is 5.68. The fraction of sp³-hybridized carbons (Fsp3) is 0.367. The molecule has 2 heterocycles. The second-order valence-corrected chi connectivity index (χ2v) is 9.54. The Morgan fingerprint density at radius 3 is 2.43 bits per heavy atom. The first-order valence-corrected chi connectivity index (χ1v) is 12.8. The first-order valence-electron chi connectivity index (χ1n) is 12.8. The van der Waals surface area contributed by atoms with Crippen LogP contribution in [0.3, 0.4) is 0 Å². The van der Waals surface area contributed by atoms with Crippen molar-refractivity contribution < 1.29 is 19.0 Å². The highest BCUT2D eigenvalue weighted by Crippen LogP contribution is 2.40. The molecular weight excluding hydrogens is 466 g/mol. The molecule has 1 fully saturated rings. The maximum Gasteiger partial charge on any atom is 0.225 e. The van der Waals surface area contributed by atoms with Gasteiger partial charge in [-0.25, -0.2) is 0 Å². The highest BCUT2D eigenvalue weighted by atomic mass is 16.5. The minimum Gasteiger partial charge on any atom is -0.497 e. The number of anilines is 2. The molecule has 0 aromatic heterocycles. The number of carbonyl (C=O) groups excluding carboxylic acids is 1. The summed E-state index contributed by atoms with van der Waals surface area (Å²) < 4.78 is 16.6. The molecule has 3 aromatic carbocycles. The zero-order chi connectivity index (χ0) is 25.8. The number of piperazine rings is 1. The Morgan fingerprint density at radius 2 is 1.65 bits per heavy atom. The summed E-state index contributed by atoms with van der Waals surface area (Å²) >= 11 is 0. The van der Waals surface area contributed by atoms with Crippen LogP contribution in [0.2, 0.25) is 0 Å². The molecule has 37 heavy (non-hydrogen) atoms. The first kappa shape index (κ1) is 24.8. The van der Waals surface area contributed by atoms with Gasteiger partial charge in [-0.1, -0.05) is 36.4 Å². The average Bonchev–Trinajstić information content (AvgIpc) is 2.96. The van der Waals surface area contributed by atoms with E-state index in [1.54, 1.807) is 21.3 Å². The zero-order valence-electron chi connectivity index (χ0n) is 21.8. The number of nitrogens with one attached hydrogen (secondary N) is 1. The maximum absolute atomic E-state index is 13.7. The minimum absolute atomic E-state index is 0.0320. The molecule has 0 radical (unpaired) electrons. The lowest BCUT2D eigenvalue weighted by molar-refractivity contribution is -0.125. The molecule has 7 nitrogen and oxygen atoms in total. The number of para-hydroxylation sites is 3. The quantitative estimate of drug-likeness (QED) is 0.505. The Balaban J connectivity index is 1.38. The fourth-order valence-corrected chi connectivity index (χ4v) is 5.68. The lowest BCUT2D eigenvalue weighted by Crippen LogP contribution is -2.61. The van der Waals surface area contributed by atoms with Crippen LogP contribution in [0.25, 0.3) is 0 Å². The van der Waals surface area contributed by atoms with Crippen LogP contribution in [0.15, 0.2) is 66.7 Å². The van der Waals surface area contributed by atoms with Gasteiger partial charge in [-0.2, -0.15) is 0 Å². The van der Waals surface area contributed by atoms with E-state index < -0.39 is 0 Å². The number of methoxy groups -OCH3 is 3. The van der Waals surface area contributed by atoms with Crippen molar-refractivity contribution in [3.8, 4) is 17.2 Å². The van der Waals surface area contributed by atoms with E-state index in [-0.39, 0.29) is 17.9 Å².